The Bertz CT molecular complexity index is 120. The molecule has 3 nitrogen and oxygen atoms in total. The molecule has 0 aromatic rings. The second kappa shape index (κ2) is 6.35. The summed E-state index contributed by atoms with van der Waals surface area (Å²) in [6.45, 7) is 7.79. The molecule has 1 fully saturated rings. The lowest BCUT2D eigenvalue weighted by Crippen LogP contribution is -2.46. The molecule has 0 aromatic heterocycles. The van der Waals surface area contributed by atoms with Gasteiger partial charge in [0.2, 0.25) is 0 Å². The highest BCUT2D eigenvalue weighted by atomic mass is 15.1. The molecular formula is C10H29N3. The fourth-order valence-electron chi connectivity index (χ4n) is 1.58. The van der Waals surface area contributed by atoms with Crippen LogP contribution in [0.5, 0.6) is 0 Å². The Morgan fingerprint density at radius 1 is 1.15 bits per heavy atom. The monoisotopic (exact) mass is 191 g/mol. The van der Waals surface area contributed by atoms with Crippen LogP contribution in [0.4, 0.5) is 0 Å². The second-order valence-corrected chi connectivity index (χ2v) is 3.71. The minimum Gasteiger partial charge on any atom is -0.330 e. The third-order valence-electron chi connectivity index (χ3n) is 2.91. The van der Waals surface area contributed by atoms with E-state index in [2.05, 4.69) is 11.9 Å². The van der Waals surface area contributed by atoms with E-state index in [0.717, 1.165) is 39.0 Å². The Morgan fingerprint density at radius 3 is 1.85 bits per heavy atom. The van der Waals surface area contributed by atoms with E-state index in [1.165, 1.54) is 0 Å². The van der Waals surface area contributed by atoms with E-state index in [9.17, 15) is 0 Å². The third kappa shape index (κ3) is 3.63. The molecule has 1 heterocycles. The zero-order valence-corrected chi connectivity index (χ0v) is 9.34. The van der Waals surface area contributed by atoms with E-state index in [1.807, 2.05) is 13.8 Å². The SMILES string of the molecule is CC.CN1CCC(CN)(CN)CC1.[HH].[HH]. The molecule has 0 aromatic carbocycles. The lowest BCUT2D eigenvalue weighted by Gasteiger charge is -2.38. The molecule has 3 heteroatoms. The van der Waals surface area contributed by atoms with Gasteiger partial charge in [-0.2, -0.15) is 0 Å². The van der Waals surface area contributed by atoms with Crippen molar-refractivity contribution >= 4 is 0 Å². The van der Waals surface area contributed by atoms with Gasteiger partial charge in [0.15, 0.2) is 0 Å². The van der Waals surface area contributed by atoms with Gasteiger partial charge in [0.25, 0.3) is 0 Å². The third-order valence-corrected chi connectivity index (χ3v) is 2.91. The maximum absolute atomic E-state index is 5.70. The lowest BCUT2D eigenvalue weighted by atomic mass is 9.79. The van der Waals surface area contributed by atoms with E-state index in [1.54, 1.807) is 0 Å². The Morgan fingerprint density at radius 2 is 1.54 bits per heavy atom. The molecule has 0 aliphatic carbocycles. The second-order valence-electron chi connectivity index (χ2n) is 3.71. The summed E-state index contributed by atoms with van der Waals surface area (Å²) in [5, 5.41) is 0. The van der Waals surface area contributed by atoms with Crippen LogP contribution in [0.1, 0.15) is 29.5 Å². The van der Waals surface area contributed by atoms with Crippen molar-refractivity contribution in [2.75, 3.05) is 33.2 Å². The molecule has 4 N–H and O–H groups in total. The van der Waals surface area contributed by atoms with Gasteiger partial charge >= 0.3 is 0 Å². The van der Waals surface area contributed by atoms with Gasteiger partial charge in [-0.05, 0) is 51.5 Å². The molecule has 0 amide bonds. The molecule has 1 aliphatic heterocycles. The van der Waals surface area contributed by atoms with Crippen LogP contribution in [-0.2, 0) is 0 Å². The number of piperidine rings is 1. The average molecular weight is 191 g/mol. The fraction of sp³-hybridized carbons (Fsp3) is 1.00. The highest BCUT2D eigenvalue weighted by Gasteiger charge is 2.30. The quantitative estimate of drug-likeness (QED) is 0.688. The predicted octanol–water partition coefficient (Wildman–Crippen LogP) is 1.13. The number of nitrogens with zero attached hydrogens (tertiary/aromatic N) is 1. The first-order valence-corrected chi connectivity index (χ1v) is 5.31. The number of likely N-dealkylation sites (tertiary alicyclic amines) is 1. The van der Waals surface area contributed by atoms with Crippen LogP contribution >= 0.6 is 0 Å². The van der Waals surface area contributed by atoms with Gasteiger partial charge in [0.1, 0.15) is 0 Å². The largest absolute Gasteiger partial charge is 0.330 e. The van der Waals surface area contributed by atoms with Crippen molar-refractivity contribution < 1.29 is 2.85 Å². The lowest BCUT2D eigenvalue weighted by molar-refractivity contribution is 0.136. The van der Waals surface area contributed by atoms with Gasteiger partial charge in [-0.15, -0.1) is 0 Å². The molecule has 84 valence electrons. The summed E-state index contributed by atoms with van der Waals surface area (Å²) in [6, 6.07) is 0. The number of hydrogen-bond donors (Lipinski definition) is 2. The Balaban J connectivity index is -0.000000339. The smallest absolute Gasteiger partial charge is 0 e. The molecule has 13 heavy (non-hydrogen) atoms. The highest BCUT2D eigenvalue weighted by Crippen LogP contribution is 2.28. The van der Waals surface area contributed by atoms with E-state index in [0.29, 0.717) is 0 Å². The fourth-order valence-corrected chi connectivity index (χ4v) is 1.58. The molecule has 0 bridgehead atoms. The zero-order valence-electron chi connectivity index (χ0n) is 9.34. The first-order chi connectivity index (χ1) is 6.22. The molecule has 0 spiro atoms. The van der Waals surface area contributed by atoms with Crippen molar-refractivity contribution in [3.8, 4) is 0 Å². The van der Waals surface area contributed by atoms with Gasteiger partial charge in [0.05, 0.1) is 0 Å². The molecule has 1 aliphatic rings. The Kier molecular flexibility index (Phi) is 6.29. The van der Waals surface area contributed by atoms with Gasteiger partial charge in [-0.1, -0.05) is 13.8 Å². The van der Waals surface area contributed by atoms with Crippen molar-refractivity contribution in [1.29, 1.82) is 0 Å². The van der Waals surface area contributed by atoms with Crippen molar-refractivity contribution in [3.63, 3.8) is 0 Å². The average Bonchev–Trinajstić information content (AvgIpc) is 2.23. The van der Waals surface area contributed by atoms with Gasteiger partial charge in [0, 0.05) is 2.85 Å². The Hall–Kier alpha value is -0.120. The molecule has 0 unspecified atom stereocenters. The first kappa shape index (κ1) is 12.9. The van der Waals surface area contributed by atoms with Crippen LogP contribution in [0.2, 0.25) is 0 Å². The van der Waals surface area contributed by atoms with Crippen molar-refractivity contribution in [2.45, 2.75) is 26.7 Å². The number of rotatable bonds is 2. The summed E-state index contributed by atoms with van der Waals surface area (Å²) in [6.07, 6.45) is 2.33. The van der Waals surface area contributed by atoms with Gasteiger partial charge < -0.3 is 16.4 Å². The molecular weight excluding hydrogens is 162 g/mol. The maximum Gasteiger partial charge on any atom is 0 e. The van der Waals surface area contributed by atoms with E-state index in [4.69, 9.17) is 11.5 Å². The maximum atomic E-state index is 5.70. The van der Waals surface area contributed by atoms with Crippen molar-refractivity contribution in [1.82, 2.24) is 4.90 Å². The predicted molar refractivity (Wildman–Crippen MR) is 62.8 cm³/mol. The van der Waals surface area contributed by atoms with E-state index < -0.39 is 0 Å². The molecule has 0 saturated carbocycles. The summed E-state index contributed by atoms with van der Waals surface area (Å²) < 4.78 is 0. The first-order valence-electron chi connectivity index (χ1n) is 5.31. The number of nitrogens with two attached hydrogens (primary N) is 2. The van der Waals surface area contributed by atoms with Crippen LogP contribution in [0.3, 0.4) is 0 Å². The van der Waals surface area contributed by atoms with Crippen LogP contribution in [-0.4, -0.2) is 38.1 Å². The van der Waals surface area contributed by atoms with Gasteiger partial charge in [-0.25, -0.2) is 0 Å². The van der Waals surface area contributed by atoms with Crippen LogP contribution in [0.25, 0.3) is 0 Å². The van der Waals surface area contributed by atoms with Gasteiger partial charge in [-0.3, -0.25) is 0 Å². The molecule has 1 saturated heterocycles. The summed E-state index contributed by atoms with van der Waals surface area (Å²) in [5.41, 5.74) is 11.6. The standard InChI is InChI=1S/C8H19N3.C2H6.2H2/c1-11-4-2-8(6-9,7-10)3-5-11;1-2;;/h2-7,9-10H2,1H3;1-2H3;2*1H. The normalized spacial score (nSPS) is 21.9. The van der Waals surface area contributed by atoms with Crippen molar-refractivity contribution in [3.05, 3.63) is 0 Å². The zero-order chi connectivity index (χ0) is 10.3. The van der Waals surface area contributed by atoms with Crippen LogP contribution in [0, 0.1) is 5.41 Å². The summed E-state index contributed by atoms with van der Waals surface area (Å²) in [7, 11) is 2.15. The Labute approximate surface area is 85.4 Å². The molecule has 0 atom stereocenters. The van der Waals surface area contributed by atoms with Crippen molar-refractivity contribution in [2.24, 2.45) is 16.9 Å². The topological polar surface area (TPSA) is 55.3 Å². The minimum absolute atomic E-state index is 0. The summed E-state index contributed by atoms with van der Waals surface area (Å²) in [4.78, 5) is 2.34. The van der Waals surface area contributed by atoms with Crippen LogP contribution in [0.15, 0.2) is 0 Å². The summed E-state index contributed by atoms with van der Waals surface area (Å²) >= 11 is 0. The van der Waals surface area contributed by atoms with E-state index in [-0.39, 0.29) is 8.27 Å². The minimum atomic E-state index is 0. The highest BCUT2D eigenvalue weighted by molar-refractivity contribution is 4.86. The van der Waals surface area contributed by atoms with Crippen LogP contribution < -0.4 is 11.5 Å². The molecule has 1 rings (SSSR count). The molecule has 0 radical (unpaired) electrons. The summed E-state index contributed by atoms with van der Waals surface area (Å²) in [5.74, 6) is 0. The number of hydrogen-bond acceptors (Lipinski definition) is 3. The van der Waals surface area contributed by atoms with E-state index >= 15 is 0 Å².